The number of amides is 1. The highest BCUT2D eigenvalue weighted by atomic mass is 16.7. The number of H-pyrrole nitrogens is 1. The van der Waals surface area contributed by atoms with Gasteiger partial charge in [-0.1, -0.05) is 18.2 Å². The molecule has 0 saturated carbocycles. The fourth-order valence-electron chi connectivity index (χ4n) is 4.44. The number of fused-ring (bicyclic) bond motifs is 2. The molecule has 0 spiro atoms. The standard InChI is InChI=1S/C23H32N4O2/c1-15(2)27(29-10-6-9-26(3)4)23(28)17-11-19-18-7-5-8-20-22(18)16(13-24-20)12-21(19)25-14-17/h5,7-8,11,13,15,17,21,24-25H,6,9-10,12,14H2,1-4H3/t17-,21-/m1/s1. The fourth-order valence-corrected chi connectivity index (χ4v) is 4.44. The summed E-state index contributed by atoms with van der Waals surface area (Å²) in [6.45, 7) is 6.15. The minimum absolute atomic E-state index is 0.00374. The Kier molecular flexibility index (Phi) is 5.76. The molecule has 1 aromatic heterocycles. The first-order valence-electron chi connectivity index (χ1n) is 10.6. The van der Waals surface area contributed by atoms with Crippen molar-refractivity contribution in [3.05, 3.63) is 41.6 Å². The Labute approximate surface area is 172 Å². The second kappa shape index (κ2) is 8.30. The molecule has 6 heteroatoms. The second-order valence-electron chi connectivity index (χ2n) is 8.68. The van der Waals surface area contributed by atoms with Crippen LogP contribution >= 0.6 is 0 Å². The van der Waals surface area contributed by atoms with Crippen molar-refractivity contribution in [2.24, 2.45) is 5.92 Å². The second-order valence-corrected chi connectivity index (χ2v) is 8.68. The van der Waals surface area contributed by atoms with Gasteiger partial charge in [0.15, 0.2) is 0 Å². The number of carbonyl (C=O) groups excluding carboxylic acids is 1. The maximum absolute atomic E-state index is 13.3. The maximum atomic E-state index is 13.3. The molecule has 0 radical (unpaired) electrons. The number of nitrogens with zero attached hydrogens (tertiary/aromatic N) is 2. The van der Waals surface area contributed by atoms with Crippen LogP contribution in [0, 0.1) is 5.92 Å². The van der Waals surface area contributed by atoms with Gasteiger partial charge in [0.2, 0.25) is 0 Å². The zero-order valence-electron chi connectivity index (χ0n) is 17.9. The van der Waals surface area contributed by atoms with Gasteiger partial charge in [0, 0.05) is 29.7 Å². The van der Waals surface area contributed by atoms with Gasteiger partial charge >= 0.3 is 0 Å². The van der Waals surface area contributed by atoms with E-state index in [-0.39, 0.29) is 23.9 Å². The van der Waals surface area contributed by atoms with Crippen molar-refractivity contribution >= 4 is 22.4 Å². The summed E-state index contributed by atoms with van der Waals surface area (Å²) in [7, 11) is 4.09. The van der Waals surface area contributed by atoms with Crippen LogP contribution in [0.5, 0.6) is 0 Å². The van der Waals surface area contributed by atoms with E-state index >= 15 is 0 Å². The minimum atomic E-state index is -0.215. The molecule has 29 heavy (non-hydrogen) atoms. The number of hydroxylamine groups is 2. The van der Waals surface area contributed by atoms with Gasteiger partial charge < -0.3 is 15.2 Å². The first-order chi connectivity index (χ1) is 14.0. The highest BCUT2D eigenvalue weighted by molar-refractivity contribution is 5.99. The lowest BCUT2D eigenvalue weighted by Gasteiger charge is -2.35. The molecule has 6 nitrogen and oxygen atoms in total. The molecule has 2 aromatic rings. The number of nitrogens with one attached hydrogen (secondary N) is 2. The molecule has 0 unspecified atom stereocenters. The summed E-state index contributed by atoms with van der Waals surface area (Å²) in [5.74, 6) is -0.177. The molecular weight excluding hydrogens is 364 g/mol. The molecule has 0 bridgehead atoms. The summed E-state index contributed by atoms with van der Waals surface area (Å²) in [4.78, 5) is 24.7. The summed E-state index contributed by atoms with van der Waals surface area (Å²) in [5.41, 5.74) is 4.99. The van der Waals surface area contributed by atoms with Crippen molar-refractivity contribution in [2.45, 2.75) is 38.8 Å². The van der Waals surface area contributed by atoms with Crippen molar-refractivity contribution in [3.63, 3.8) is 0 Å². The normalized spacial score (nSPS) is 20.8. The molecule has 1 aliphatic carbocycles. The van der Waals surface area contributed by atoms with Crippen LogP contribution in [0.3, 0.4) is 0 Å². The maximum Gasteiger partial charge on any atom is 0.254 e. The summed E-state index contributed by atoms with van der Waals surface area (Å²) < 4.78 is 0. The van der Waals surface area contributed by atoms with E-state index in [9.17, 15) is 4.79 Å². The average Bonchev–Trinajstić information content (AvgIpc) is 3.11. The highest BCUT2D eigenvalue weighted by Crippen LogP contribution is 2.38. The highest BCUT2D eigenvalue weighted by Gasteiger charge is 2.34. The van der Waals surface area contributed by atoms with Gasteiger partial charge in [0.05, 0.1) is 18.6 Å². The Hall–Kier alpha value is -2.15. The largest absolute Gasteiger partial charge is 0.361 e. The Morgan fingerprint density at radius 2 is 2.14 bits per heavy atom. The number of benzene rings is 1. The molecule has 0 saturated heterocycles. The number of aromatic nitrogens is 1. The van der Waals surface area contributed by atoms with Crippen LogP contribution in [0.2, 0.25) is 0 Å². The molecule has 2 atom stereocenters. The Morgan fingerprint density at radius 1 is 1.31 bits per heavy atom. The lowest BCUT2D eigenvalue weighted by Crippen LogP contribution is -2.48. The van der Waals surface area contributed by atoms with Gasteiger partial charge in [0.1, 0.15) is 0 Å². The average molecular weight is 397 g/mol. The Morgan fingerprint density at radius 3 is 2.90 bits per heavy atom. The molecule has 2 aliphatic rings. The van der Waals surface area contributed by atoms with Gasteiger partial charge in [-0.25, -0.2) is 5.06 Å². The van der Waals surface area contributed by atoms with E-state index < -0.39 is 0 Å². The first kappa shape index (κ1) is 20.1. The topological polar surface area (TPSA) is 60.6 Å². The van der Waals surface area contributed by atoms with Crippen LogP contribution in [0.25, 0.3) is 16.5 Å². The quantitative estimate of drug-likeness (QED) is 0.558. The predicted molar refractivity (Wildman–Crippen MR) is 116 cm³/mol. The van der Waals surface area contributed by atoms with Crippen LogP contribution in [0.1, 0.15) is 31.4 Å². The molecule has 2 N–H and O–H groups in total. The van der Waals surface area contributed by atoms with Crippen LogP contribution in [0.15, 0.2) is 30.5 Å². The smallest absolute Gasteiger partial charge is 0.254 e. The monoisotopic (exact) mass is 396 g/mol. The summed E-state index contributed by atoms with van der Waals surface area (Å²) in [6.07, 6.45) is 6.14. The number of carbonyl (C=O) groups is 1. The molecule has 2 heterocycles. The van der Waals surface area contributed by atoms with Gasteiger partial charge in [-0.05, 0) is 70.1 Å². The minimum Gasteiger partial charge on any atom is -0.361 e. The predicted octanol–water partition coefficient (Wildman–Crippen LogP) is 2.82. The zero-order chi connectivity index (χ0) is 20.5. The lowest BCUT2D eigenvalue weighted by atomic mass is 9.80. The van der Waals surface area contributed by atoms with Crippen LogP contribution in [-0.4, -0.2) is 66.7 Å². The number of rotatable bonds is 7. The van der Waals surface area contributed by atoms with E-state index in [4.69, 9.17) is 4.84 Å². The summed E-state index contributed by atoms with van der Waals surface area (Å²) in [5, 5.41) is 6.48. The first-order valence-corrected chi connectivity index (χ1v) is 10.6. The summed E-state index contributed by atoms with van der Waals surface area (Å²) in [6, 6.07) is 6.64. The zero-order valence-corrected chi connectivity index (χ0v) is 17.9. The van der Waals surface area contributed by atoms with E-state index in [1.807, 2.05) is 27.9 Å². The number of hydrogen-bond donors (Lipinski definition) is 2. The third kappa shape index (κ3) is 3.97. The van der Waals surface area contributed by atoms with Gasteiger partial charge in [0.25, 0.3) is 5.91 Å². The SMILES string of the molecule is CC(C)N(OCCCN(C)C)C(=O)[C@@H]1C=C2c3cccc4[nH]cc(c34)C[C@H]2NC1. The Balaban J connectivity index is 1.54. The van der Waals surface area contributed by atoms with Crippen LogP contribution < -0.4 is 5.32 Å². The van der Waals surface area contributed by atoms with Crippen molar-refractivity contribution < 1.29 is 9.63 Å². The third-order valence-corrected chi connectivity index (χ3v) is 5.85. The molecule has 1 aliphatic heterocycles. The molecular formula is C23H32N4O2. The van der Waals surface area contributed by atoms with E-state index in [0.29, 0.717) is 13.2 Å². The van der Waals surface area contributed by atoms with E-state index in [0.717, 1.165) is 19.4 Å². The summed E-state index contributed by atoms with van der Waals surface area (Å²) >= 11 is 0. The molecule has 156 valence electrons. The van der Waals surface area contributed by atoms with E-state index in [1.165, 1.54) is 27.6 Å². The van der Waals surface area contributed by atoms with Gasteiger partial charge in [-0.15, -0.1) is 0 Å². The van der Waals surface area contributed by atoms with Crippen LogP contribution in [-0.2, 0) is 16.1 Å². The van der Waals surface area contributed by atoms with Crippen molar-refractivity contribution in [1.82, 2.24) is 20.3 Å². The third-order valence-electron chi connectivity index (χ3n) is 5.85. The van der Waals surface area contributed by atoms with E-state index in [1.54, 1.807) is 5.06 Å². The van der Waals surface area contributed by atoms with Crippen LogP contribution in [0.4, 0.5) is 0 Å². The molecule has 0 fully saturated rings. The number of hydrogen-bond acceptors (Lipinski definition) is 4. The number of aromatic amines is 1. The molecule has 1 aromatic carbocycles. The van der Waals surface area contributed by atoms with Gasteiger partial charge in [-0.3, -0.25) is 9.63 Å². The van der Waals surface area contributed by atoms with Gasteiger partial charge in [-0.2, -0.15) is 0 Å². The van der Waals surface area contributed by atoms with E-state index in [2.05, 4.69) is 45.7 Å². The van der Waals surface area contributed by atoms with Crippen molar-refractivity contribution in [1.29, 1.82) is 0 Å². The fraction of sp³-hybridized carbons (Fsp3) is 0.522. The van der Waals surface area contributed by atoms with Crippen molar-refractivity contribution in [2.75, 3.05) is 33.8 Å². The Bertz CT molecular complexity index is 915. The van der Waals surface area contributed by atoms with Crippen molar-refractivity contribution in [3.8, 4) is 0 Å². The molecule has 1 amide bonds. The molecule has 4 rings (SSSR count). The lowest BCUT2D eigenvalue weighted by molar-refractivity contribution is -0.200.